The van der Waals surface area contributed by atoms with E-state index in [1.54, 1.807) is 0 Å². The van der Waals surface area contributed by atoms with Crippen LogP contribution < -0.4 is 0 Å². The fraction of sp³-hybridized carbons (Fsp3) is 0.833. The third-order valence-corrected chi connectivity index (χ3v) is 1.10. The number of hydrogen-bond donors (Lipinski definition) is 1. The van der Waals surface area contributed by atoms with Gasteiger partial charge in [-0.3, -0.25) is 0 Å². The van der Waals surface area contributed by atoms with Crippen LogP contribution in [0.3, 0.4) is 0 Å². The first-order chi connectivity index (χ1) is 4.68. The third-order valence-electron chi connectivity index (χ3n) is 1.10. The number of amides is 1. The molecule has 0 unspecified atom stereocenters. The van der Waals surface area contributed by atoms with Crippen LogP contribution in [0, 0.1) is 0 Å². The number of nitrogens with zero attached hydrogens (tertiary/aromatic N) is 1. The van der Waals surface area contributed by atoms with E-state index >= 15 is 0 Å². The van der Waals surface area contributed by atoms with Crippen LogP contribution in [0.5, 0.6) is 0 Å². The van der Waals surface area contributed by atoms with Crippen LogP contribution in [0.4, 0.5) is 4.79 Å². The Morgan fingerprint density at radius 1 is 1.70 bits per heavy atom. The molecule has 4 nitrogen and oxygen atoms in total. The molecule has 0 radical (unpaired) electrons. The van der Waals surface area contributed by atoms with Crippen molar-refractivity contribution >= 4 is 6.09 Å². The molecule has 0 aromatic rings. The van der Waals surface area contributed by atoms with Gasteiger partial charge in [-0.15, -0.1) is 0 Å². The van der Waals surface area contributed by atoms with Gasteiger partial charge in [-0.25, -0.2) is 4.79 Å². The molecule has 1 amide bonds. The topological polar surface area (TPSA) is 49.8 Å². The smallest absolute Gasteiger partial charge is 0.407 e. The molecule has 0 fully saturated rings. The summed E-state index contributed by atoms with van der Waals surface area (Å²) in [5.74, 6) is 0. The van der Waals surface area contributed by atoms with Crippen molar-refractivity contribution in [3.05, 3.63) is 0 Å². The van der Waals surface area contributed by atoms with Gasteiger partial charge in [0.25, 0.3) is 0 Å². The second kappa shape index (κ2) is 5.05. The minimum atomic E-state index is -0.917. The predicted molar refractivity (Wildman–Crippen MR) is 37.1 cm³/mol. The summed E-state index contributed by atoms with van der Waals surface area (Å²) in [6, 6.07) is 0. The number of hydrogen-bond acceptors (Lipinski definition) is 2. The monoisotopic (exact) mass is 147 g/mol. The fourth-order valence-corrected chi connectivity index (χ4v) is 0.441. The lowest BCUT2D eigenvalue weighted by Crippen LogP contribution is -2.28. The number of rotatable bonds is 4. The molecule has 0 aliphatic carbocycles. The molecule has 1 N–H and O–H groups in total. The normalized spacial score (nSPS) is 9.40. The molecule has 0 heterocycles. The molecule has 10 heavy (non-hydrogen) atoms. The first-order valence-corrected chi connectivity index (χ1v) is 3.20. The molecule has 0 bridgehead atoms. The van der Waals surface area contributed by atoms with E-state index in [0.717, 1.165) is 0 Å². The van der Waals surface area contributed by atoms with Crippen molar-refractivity contribution < 1.29 is 14.6 Å². The van der Waals surface area contributed by atoms with Gasteiger partial charge >= 0.3 is 6.09 Å². The number of likely N-dealkylation sites (N-methyl/N-ethyl adjacent to an activating group) is 1. The summed E-state index contributed by atoms with van der Waals surface area (Å²) in [6.07, 6.45) is -0.917. The molecule has 0 aromatic carbocycles. The number of ether oxygens (including phenoxy) is 1. The Morgan fingerprint density at radius 2 is 2.30 bits per heavy atom. The summed E-state index contributed by atoms with van der Waals surface area (Å²) in [4.78, 5) is 11.4. The first kappa shape index (κ1) is 9.23. The van der Waals surface area contributed by atoms with Gasteiger partial charge in [-0.05, 0) is 6.92 Å². The molecule has 0 aliphatic heterocycles. The van der Waals surface area contributed by atoms with E-state index in [1.165, 1.54) is 11.9 Å². The van der Waals surface area contributed by atoms with Gasteiger partial charge in [-0.1, -0.05) is 0 Å². The quantitative estimate of drug-likeness (QED) is 0.593. The molecule has 0 aliphatic rings. The summed E-state index contributed by atoms with van der Waals surface area (Å²) < 4.78 is 4.95. The Bertz CT molecular complexity index is 105. The third kappa shape index (κ3) is 4.14. The highest BCUT2D eigenvalue weighted by Gasteiger charge is 2.02. The Labute approximate surface area is 60.4 Å². The van der Waals surface area contributed by atoms with Gasteiger partial charge in [-0.2, -0.15) is 0 Å². The van der Waals surface area contributed by atoms with Crippen molar-refractivity contribution in [2.45, 2.75) is 6.92 Å². The zero-order valence-corrected chi connectivity index (χ0v) is 6.33. The Hall–Kier alpha value is -0.770. The predicted octanol–water partition coefficient (Wildman–Crippen LogP) is 0.633. The average molecular weight is 147 g/mol. The van der Waals surface area contributed by atoms with Gasteiger partial charge in [0.05, 0.1) is 6.61 Å². The van der Waals surface area contributed by atoms with E-state index in [1.807, 2.05) is 6.92 Å². The summed E-state index contributed by atoms with van der Waals surface area (Å²) in [7, 11) is 1.52. The number of carboxylic acid groups (broad SMARTS) is 1. The van der Waals surface area contributed by atoms with E-state index in [4.69, 9.17) is 9.84 Å². The van der Waals surface area contributed by atoms with Crippen LogP contribution in [0.15, 0.2) is 0 Å². The van der Waals surface area contributed by atoms with Crippen molar-refractivity contribution in [2.75, 3.05) is 26.8 Å². The van der Waals surface area contributed by atoms with Crippen molar-refractivity contribution in [1.29, 1.82) is 0 Å². The minimum absolute atomic E-state index is 0.434. The molecule has 0 spiro atoms. The lowest BCUT2D eigenvalue weighted by Gasteiger charge is -2.11. The van der Waals surface area contributed by atoms with Crippen LogP contribution >= 0.6 is 0 Å². The van der Waals surface area contributed by atoms with Crippen LogP contribution in [-0.2, 0) is 4.74 Å². The lowest BCUT2D eigenvalue weighted by atomic mass is 10.6. The minimum Gasteiger partial charge on any atom is -0.465 e. The molecule has 60 valence electrons. The fourth-order valence-electron chi connectivity index (χ4n) is 0.441. The van der Waals surface area contributed by atoms with Gasteiger partial charge < -0.3 is 14.7 Å². The van der Waals surface area contributed by atoms with E-state index in [-0.39, 0.29) is 0 Å². The largest absolute Gasteiger partial charge is 0.465 e. The molecular weight excluding hydrogens is 134 g/mol. The zero-order chi connectivity index (χ0) is 7.98. The zero-order valence-electron chi connectivity index (χ0n) is 6.33. The van der Waals surface area contributed by atoms with Gasteiger partial charge in [0.1, 0.15) is 0 Å². The van der Waals surface area contributed by atoms with E-state index in [2.05, 4.69) is 0 Å². The van der Waals surface area contributed by atoms with Crippen LogP contribution in [0.1, 0.15) is 6.92 Å². The number of carbonyl (C=O) groups is 1. The molecule has 0 saturated heterocycles. The van der Waals surface area contributed by atoms with Crippen molar-refractivity contribution in [3.63, 3.8) is 0 Å². The Balaban J connectivity index is 3.21. The SMILES string of the molecule is CCOCCN(C)C(=O)O. The Kier molecular flexibility index (Phi) is 4.66. The highest BCUT2D eigenvalue weighted by atomic mass is 16.5. The summed E-state index contributed by atoms with van der Waals surface area (Å²) in [5.41, 5.74) is 0. The molecule has 0 rings (SSSR count). The molecule has 0 saturated carbocycles. The van der Waals surface area contributed by atoms with Crippen LogP contribution in [0.2, 0.25) is 0 Å². The van der Waals surface area contributed by atoms with E-state index < -0.39 is 6.09 Å². The van der Waals surface area contributed by atoms with Gasteiger partial charge in [0, 0.05) is 20.2 Å². The van der Waals surface area contributed by atoms with E-state index in [9.17, 15) is 4.79 Å². The standard InChI is InChI=1S/C6H13NO3/c1-3-10-5-4-7(2)6(8)9/h3-5H2,1-2H3,(H,8,9). The maximum Gasteiger partial charge on any atom is 0.407 e. The maximum atomic E-state index is 10.2. The highest BCUT2D eigenvalue weighted by Crippen LogP contribution is 1.83. The second-order valence-electron chi connectivity index (χ2n) is 1.90. The van der Waals surface area contributed by atoms with Crippen molar-refractivity contribution in [2.24, 2.45) is 0 Å². The molecular formula is C6H13NO3. The maximum absolute atomic E-state index is 10.2. The van der Waals surface area contributed by atoms with Crippen molar-refractivity contribution in [1.82, 2.24) is 4.90 Å². The van der Waals surface area contributed by atoms with Crippen LogP contribution in [0.25, 0.3) is 0 Å². The van der Waals surface area contributed by atoms with Gasteiger partial charge in [0.15, 0.2) is 0 Å². The molecule has 0 aromatic heterocycles. The van der Waals surface area contributed by atoms with Crippen molar-refractivity contribution in [3.8, 4) is 0 Å². The first-order valence-electron chi connectivity index (χ1n) is 3.20. The summed E-state index contributed by atoms with van der Waals surface area (Å²) >= 11 is 0. The summed E-state index contributed by atoms with van der Waals surface area (Å²) in [5, 5.41) is 8.35. The lowest BCUT2D eigenvalue weighted by molar-refractivity contribution is 0.110. The average Bonchev–Trinajstić information content (AvgIpc) is 1.88. The van der Waals surface area contributed by atoms with Gasteiger partial charge in [0.2, 0.25) is 0 Å². The second-order valence-corrected chi connectivity index (χ2v) is 1.90. The summed E-state index contributed by atoms with van der Waals surface area (Å²) in [6.45, 7) is 3.41. The van der Waals surface area contributed by atoms with Crippen LogP contribution in [-0.4, -0.2) is 42.9 Å². The molecule has 0 atom stereocenters. The Morgan fingerprint density at radius 3 is 2.70 bits per heavy atom. The highest BCUT2D eigenvalue weighted by molar-refractivity contribution is 5.64. The van der Waals surface area contributed by atoms with E-state index in [0.29, 0.717) is 19.8 Å². The molecule has 4 heteroatoms.